The van der Waals surface area contributed by atoms with Crippen molar-refractivity contribution in [1.29, 1.82) is 0 Å². The molecule has 0 saturated heterocycles. The van der Waals surface area contributed by atoms with E-state index in [0.29, 0.717) is 0 Å². The lowest BCUT2D eigenvalue weighted by atomic mass is 10.3. The molecule has 0 amide bonds. The Morgan fingerprint density at radius 3 is 1.70 bits per heavy atom. The van der Waals surface area contributed by atoms with E-state index in [2.05, 4.69) is 84.5 Å². The summed E-state index contributed by atoms with van der Waals surface area (Å²) in [4.78, 5) is 0. The number of para-hydroxylation sites is 2. The number of hydrogen-bond acceptors (Lipinski definition) is 2. The fraction of sp³-hybridized carbons (Fsp3) is 0.100. The van der Waals surface area contributed by atoms with E-state index < -0.39 is 8.07 Å². The third-order valence-electron chi connectivity index (χ3n) is 3.74. The van der Waals surface area contributed by atoms with Gasteiger partial charge in [-0.05, 0) is 12.1 Å². The first kappa shape index (κ1) is 15.6. The maximum Gasteiger partial charge on any atom is 0.142 e. The molecule has 3 aromatic carbocycles. The molecule has 3 rings (SSSR count). The van der Waals surface area contributed by atoms with Crippen LogP contribution in [-0.2, 0) is 0 Å². The predicted molar refractivity (Wildman–Crippen MR) is 100 cm³/mol. The highest BCUT2D eigenvalue weighted by Gasteiger charge is 2.21. The third-order valence-corrected chi connectivity index (χ3v) is 6.13. The summed E-state index contributed by atoms with van der Waals surface area (Å²) in [5.41, 5.74) is 1.11. The Kier molecular flexibility index (Phi) is 4.95. The van der Waals surface area contributed by atoms with Gasteiger partial charge in [-0.15, -0.1) is 0 Å². The van der Waals surface area contributed by atoms with Gasteiger partial charge in [0, 0.05) is 17.7 Å². The van der Waals surface area contributed by atoms with E-state index in [1.807, 2.05) is 12.1 Å². The highest BCUT2D eigenvalue weighted by Crippen LogP contribution is 2.43. The van der Waals surface area contributed by atoms with Gasteiger partial charge in [0.1, 0.15) is 5.75 Å². The molecule has 0 atom stereocenters. The van der Waals surface area contributed by atoms with Crippen LogP contribution in [0.4, 0.5) is 5.69 Å². The fourth-order valence-electron chi connectivity index (χ4n) is 2.64. The summed E-state index contributed by atoms with van der Waals surface area (Å²) in [5, 5.41) is 2.64. The Morgan fingerprint density at radius 2 is 1.17 bits per heavy atom. The molecule has 0 aliphatic heterocycles. The van der Waals surface area contributed by atoms with Crippen LogP contribution in [0.15, 0.2) is 84.9 Å². The van der Waals surface area contributed by atoms with Gasteiger partial charge < -0.3 is 9.41 Å². The van der Waals surface area contributed by atoms with Crippen molar-refractivity contribution in [2.45, 2.75) is 0 Å². The molecule has 0 heterocycles. The maximum absolute atomic E-state index is 5.56. The van der Waals surface area contributed by atoms with E-state index in [1.165, 1.54) is 10.6 Å². The average molecular weight is 321 g/mol. The van der Waals surface area contributed by atoms with Crippen molar-refractivity contribution < 1.29 is 4.74 Å². The minimum atomic E-state index is -0.657. The average Bonchev–Trinajstić information content (AvgIpc) is 2.63. The second-order valence-electron chi connectivity index (χ2n) is 5.18. The highest BCUT2D eigenvalue weighted by molar-refractivity contribution is 7.74. The zero-order chi connectivity index (χ0) is 16.1. The van der Waals surface area contributed by atoms with Crippen LogP contribution >= 0.6 is 8.07 Å². The van der Waals surface area contributed by atoms with Gasteiger partial charge in [-0.2, -0.15) is 0 Å². The minimum Gasteiger partial charge on any atom is -0.495 e. The molecule has 0 aliphatic rings. The van der Waals surface area contributed by atoms with Crippen LogP contribution in [0.5, 0.6) is 5.75 Å². The van der Waals surface area contributed by atoms with Crippen molar-refractivity contribution in [1.82, 2.24) is 0 Å². The predicted octanol–water partition coefficient (Wildman–Crippen LogP) is 4.18. The molecule has 0 spiro atoms. The second kappa shape index (κ2) is 7.30. The van der Waals surface area contributed by atoms with Gasteiger partial charge in [0.05, 0.1) is 20.9 Å². The Hall–Kier alpha value is -2.31. The first-order valence-electron chi connectivity index (χ1n) is 7.58. The minimum absolute atomic E-state index is 0.657. The normalized spacial score (nSPS) is 10.6. The van der Waals surface area contributed by atoms with Crippen molar-refractivity contribution in [3.8, 4) is 5.75 Å². The van der Waals surface area contributed by atoms with E-state index in [0.717, 1.165) is 11.4 Å². The monoisotopic (exact) mass is 321 g/mol. The molecule has 3 aromatic rings. The van der Waals surface area contributed by atoms with Crippen LogP contribution < -0.4 is 20.0 Å². The van der Waals surface area contributed by atoms with E-state index in [9.17, 15) is 0 Å². The zero-order valence-electron chi connectivity index (χ0n) is 13.4. The highest BCUT2D eigenvalue weighted by atomic mass is 31.1. The Morgan fingerprint density at radius 1 is 0.696 bits per heavy atom. The Labute approximate surface area is 139 Å². The molecule has 0 saturated carbocycles. The van der Waals surface area contributed by atoms with Gasteiger partial charge in [0.25, 0.3) is 0 Å². The molecule has 2 nitrogen and oxygen atoms in total. The van der Waals surface area contributed by atoms with Crippen molar-refractivity contribution >= 4 is 24.4 Å². The zero-order valence-corrected chi connectivity index (χ0v) is 14.3. The lowest BCUT2D eigenvalue weighted by Crippen LogP contribution is -2.25. The van der Waals surface area contributed by atoms with Crippen LogP contribution in [0.1, 0.15) is 0 Å². The fourth-order valence-corrected chi connectivity index (χ4v) is 4.92. The van der Waals surface area contributed by atoms with Crippen molar-refractivity contribution in [2.24, 2.45) is 0 Å². The lowest BCUT2D eigenvalue weighted by molar-refractivity contribution is 0.416. The van der Waals surface area contributed by atoms with Gasteiger partial charge in [0.2, 0.25) is 0 Å². The summed E-state index contributed by atoms with van der Waals surface area (Å²) >= 11 is 0. The molecule has 0 N–H and O–H groups in total. The van der Waals surface area contributed by atoms with Crippen molar-refractivity contribution in [3.63, 3.8) is 0 Å². The van der Waals surface area contributed by atoms with Crippen molar-refractivity contribution in [3.05, 3.63) is 84.9 Å². The number of rotatable bonds is 5. The van der Waals surface area contributed by atoms with Crippen LogP contribution in [-0.4, -0.2) is 14.2 Å². The van der Waals surface area contributed by atoms with E-state index in [4.69, 9.17) is 4.74 Å². The third kappa shape index (κ3) is 3.38. The number of methoxy groups -OCH3 is 1. The quantitative estimate of drug-likeness (QED) is 0.654. The lowest BCUT2D eigenvalue weighted by Gasteiger charge is -2.31. The van der Waals surface area contributed by atoms with Gasteiger partial charge in [-0.1, -0.05) is 72.8 Å². The van der Waals surface area contributed by atoms with E-state index in [1.54, 1.807) is 7.11 Å². The van der Waals surface area contributed by atoms with Crippen LogP contribution in [0, 0.1) is 0 Å². The van der Waals surface area contributed by atoms with Gasteiger partial charge >= 0.3 is 0 Å². The maximum atomic E-state index is 5.56. The smallest absolute Gasteiger partial charge is 0.142 e. The first-order chi connectivity index (χ1) is 11.3. The largest absolute Gasteiger partial charge is 0.495 e. The summed E-state index contributed by atoms with van der Waals surface area (Å²) in [5.74, 6) is 0.898. The molecule has 0 bridgehead atoms. The topological polar surface area (TPSA) is 12.5 Å². The summed E-state index contributed by atoms with van der Waals surface area (Å²) < 4.78 is 7.89. The van der Waals surface area contributed by atoms with E-state index >= 15 is 0 Å². The van der Waals surface area contributed by atoms with Crippen LogP contribution in [0.25, 0.3) is 0 Å². The molecule has 0 radical (unpaired) electrons. The van der Waals surface area contributed by atoms with Gasteiger partial charge in [0.15, 0.2) is 0 Å². The molecule has 0 aromatic heterocycles. The van der Waals surface area contributed by atoms with Crippen molar-refractivity contribution in [2.75, 3.05) is 18.8 Å². The first-order valence-corrected chi connectivity index (χ1v) is 8.87. The molecule has 116 valence electrons. The molecule has 0 aliphatic carbocycles. The summed E-state index contributed by atoms with van der Waals surface area (Å²) in [6.45, 7) is 0. The Bertz CT molecular complexity index is 706. The summed E-state index contributed by atoms with van der Waals surface area (Å²) in [6, 6.07) is 29.5. The number of anilines is 1. The standard InChI is InChI=1S/C20H20NOP/c1-21(19-15-9-10-16-20(19)22-2)23(17-11-5-3-6-12-17)18-13-7-4-8-14-18/h3-16H,1-2H3. The Balaban J connectivity index is 2.08. The number of ether oxygens (including phenoxy) is 1. The molecule has 3 heteroatoms. The number of nitrogens with zero attached hydrogens (tertiary/aromatic N) is 1. The van der Waals surface area contributed by atoms with Gasteiger partial charge in [-0.3, -0.25) is 0 Å². The SMILES string of the molecule is COc1ccccc1N(C)P(c1ccccc1)c1ccccc1. The molecule has 23 heavy (non-hydrogen) atoms. The number of benzene rings is 3. The van der Waals surface area contributed by atoms with Crippen LogP contribution in [0.2, 0.25) is 0 Å². The van der Waals surface area contributed by atoms with Crippen LogP contribution in [0.3, 0.4) is 0 Å². The second-order valence-corrected chi connectivity index (χ2v) is 7.43. The number of hydrogen-bond donors (Lipinski definition) is 0. The van der Waals surface area contributed by atoms with E-state index in [-0.39, 0.29) is 0 Å². The summed E-state index contributed by atoms with van der Waals surface area (Å²) in [6.07, 6.45) is 0. The molecular formula is C20H20NOP. The summed E-state index contributed by atoms with van der Waals surface area (Å²) in [7, 11) is 3.21. The van der Waals surface area contributed by atoms with Gasteiger partial charge in [-0.25, -0.2) is 0 Å². The molecular weight excluding hydrogens is 301 g/mol. The molecule has 0 unspecified atom stereocenters. The molecule has 0 fully saturated rings.